The molecule has 1 aromatic rings. The molecule has 5 heteroatoms. The van der Waals surface area contributed by atoms with Crippen molar-refractivity contribution >= 4 is 40.8 Å². The van der Waals surface area contributed by atoms with Crippen molar-refractivity contribution in [1.82, 2.24) is 0 Å². The van der Waals surface area contributed by atoms with Crippen LogP contribution in [0.25, 0.3) is 0 Å². The molecule has 0 radical (unpaired) electrons. The molecule has 20 heavy (non-hydrogen) atoms. The highest BCUT2D eigenvalue weighted by Crippen LogP contribution is 2.42. The van der Waals surface area contributed by atoms with E-state index in [1.165, 1.54) is 23.5 Å². The second-order valence-electron chi connectivity index (χ2n) is 4.45. The number of hydrogen-bond donors (Lipinski definition) is 0. The number of rotatable bonds is 1. The quantitative estimate of drug-likeness (QED) is 0.587. The topological polar surface area (TPSA) is 37.4 Å². The Bertz CT molecular complexity index is 639. The molecule has 0 saturated heterocycles. The lowest BCUT2D eigenvalue weighted by molar-refractivity contribution is -0.114. The smallest absolute Gasteiger partial charge is 0.200 e. The van der Waals surface area contributed by atoms with Crippen molar-refractivity contribution < 1.29 is 9.59 Å². The monoisotopic (exact) mass is 303 g/mol. The number of para-hydroxylation sites is 1. The van der Waals surface area contributed by atoms with Crippen LogP contribution >= 0.6 is 23.5 Å². The molecule has 0 aromatic heterocycles. The fraction of sp³-hybridized carbons (Fsp3) is 0.200. The Morgan fingerprint density at radius 2 is 1.85 bits per heavy atom. The molecule has 0 fully saturated rings. The van der Waals surface area contributed by atoms with Crippen LogP contribution in [0.1, 0.15) is 17.3 Å². The van der Waals surface area contributed by atoms with Crippen LogP contribution in [-0.2, 0) is 4.79 Å². The van der Waals surface area contributed by atoms with Gasteiger partial charge in [-0.15, -0.1) is 0 Å². The van der Waals surface area contributed by atoms with E-state index in [0.717, 1.165) is 9.92 Å². The molecule has 102 valence electrons. The average Bonchev–Trinajstić information content (AvgIpc) is 2.95. The Kier molecular flexibility index (Phi) is 3.72. The number of thioether (sulfide) groups is 2. The summed E-state index contributed by atoms with van der Waals surface area (Å²) in [5.41, 5.74) is 1.81. The van der Waals surface area contributed by atoms with Crippen LogP contribution in [-0.4, -0.2) is 24.7 Å². The normalized spacial score (nSPS) is 18.6. The number of benzene rings is 1. The highest BCUT2D eigenvalue weighted by atomic mass is 32.2. The van der Waals surface area contributed by atoms with Crippen LogP contribution in [0.2, 0.25) is 0 Å². The van der Waals surface area contributed by atoms with Crippen molar-refractivity contribution in [2.24, 2.45) is 0 Å². The maximum Gasteiger partial charge on any atom is 0.200 e. The van der Waals surface area contributed by atoms with Crippen molar-refractivity contribution in [3.8, 4) is 0 Å². The van der Waals surface area contributed by atoms with Gasteiger partial charge in [0.25, 0.3) is 0 Å². The third-order valence-corrected chi connectivity index (χ3v) is 5.45. The third kappa shape index (κ3) is 2.21. The molecular weight excluding hydrogens is 290 g/mol. The van der Waals surface area contributed by atoms with Gasteiger partial charge in [0.2, 0.25) is 0 Å². The van der Waals surface area contributed by atoms with Crippen LogP contribution in [0.3, 0.4) is 0 Å². The molecule has 2 aliphatic rings. The number of hydrogen-bond acceptors (Lipinski definition) is 5. The number of nitrogens with zero attached hydrogens (tertiary/aromatic N) is 1. The predicted molar refractivity (Wildman–Crippen MR) is 85.0 cm³/mol. The van der Waals surface area contributed by atoms with E-state index >= 15 is 0 Å². The highest BCUT2D eigenvalue weighted by molar-refractivity contribution is 8.27. The lowest BCUT2D eigenvalue weighted by Crippen LogP contribution is -2.29. The lowest BCUT2D eigenvalue weighted by atomic mass is 10.0. The van der Waals surface area contributed by atoms with Gasteiger partial charge in [0.1, 0.15) is 0 Å². The van der Waals surface area contributed by atoms with Gasteiger partial charge < -0.3 is 4.90 Å². The first-order valence-electron chi connectivity index (χ1n) is 6.37. The van der Waals surface area contributed by atoms with Gasteiger partial charge in [-0.25, -0.2) is 0 Å². The lowest BCUT2D eigenvalue weighted by Gasteiger charge is -2.21. The molecular formula is C15H13NO2S2. The van der Waals surface area contributed by atoms with Crippen molar-refractivity contribution in [3.63, 3.8) is 0 Å². The average molecular weight is 303 g/mol. The van der Waals surface area contributed by atoms with Crippen molar-refractivity contribution in [3.05, 3.63) is 50.5 Å². The number of ketones is 2. The van der Waals surface area contributed by atoms with E-state index in [2.05, 4.69) is 0 Å². The molecule has 2 aliphatic heterocycles. The molecule has 0 saturated carbocycles. The molecule has 0 bridgehead atoms. The summed E-state index contributed by atoms with van der Waals surface area (Å²) >= 11 is 2.90. The van der Waals surface area contributed by atoms with Crippen LogP contribution in [0.4, 0.5) is 5.69 Å². The number of fused-ring (bicyclic) bond motifs is 1. The standard InChI is InChI=1S/C15H13NO2S2/c1-2-16-9-12(17)13(15-19-7-8-20-15)14(18)10-5-3-4-6-11(10)16/h3-8H,2,9H2,1H3. The minimum Gasteiger partial charge on any atom is -0.363 e. The van der Waals surface area contributed by atoms with Gasteiger partial charge >= 0.3 is 0 Å². The summed E-state index contributed by atoms with van der Waals surface area (Å²) in [4.78, 5) is 27.2. The van der Waals surface area contributed by atoms with Crippen molar-refractivity contribution in [2.75, 3.05) is 18.0 Å². The first kappa shape index (κ1) is 13.5. The molecule has 0 atom stereocenters. The minimum absolute atomic E-state index is 0.0910. The van der Waals surface area contributed by atoms with E-state index in [1.54, 1.807) is 6.07 Å². The zero-order chi connectivity index (χ0) is 14.1. The van der Waals surface area contributed by atoms with Gasteiger partial charge in [0.05, 0.1) is 16.4 Å². The Morgan fingerprint density at radius 3 is 2.55 bits per heavy atom. The first-order valence-corrected chi connectivity index (χ1v) is 8.12. The van der Waals surface area contributed by atoms with Crippen LogP contribution in [0.15, 0.2) is 44.9 Å². The number of carbonyl (C=O) groups is 2. The van der Waals surface area contributed by atoms with E-state index in [9.17, 15) is 9.59 Å². The van der Waals surface area contributed by atoms with Crippen LogP contribution < -0.4 is 4.90 Å². The van der Waals surface area contributed by atoms with E-state index in [0.29, 0.717) is 17.7 Å². The zero-order valence-electron chi connectivity index (χ0n) is 11.0. The van der Waals surface area contributed by atoms with Gasteiger partial charge in [-0.2, -0.15) is 0 Å². The number of anilines is 1. The van der Waals surface area contributed by atoms with Crippen LogP contribution in [0.5, 0.6) is 0 Å². The van der Waals surface area contributed by atoms with Crippen molar-refractivity contribution in [2.45, 2.75) is 6.92 Å². The van der Waals surface area contributed by atoms with E-state index < -0.39 is 0 Å². The van der Waals surface area contributed by atoms with Gasteiger partial charge in [-0.3, -0.25) is 9.59 Å². The van der Waals surface area contributed by atoms with Gasteiger partial charge in [0.15, 0.2) is 11.6 Å². The Hall–Kier alpha value is -1.46. The summed E-state index contributed by atoms with van der Waals surface area (Å²) in [5.74, 6) is -0.244. The summed E-state index contributed by atoms with van der Waals surface area (Å²) in [6.07, 6.45) is 0. The van der Waals surface area contributed by atoms with E-state index in [-0.39, 0.29) is 18.1 Å². The first-order chi connectivity index (χ1) is 9.72. The minimum atomic E-state index is -0.153. The van der Waals surface area contributed by atoms with E-state index in [1.807, 2.05) is 40.8 Å². The number of carbonyl (C=O) groups excluding carboxylic acids is 2. The molecule has 0 amide bonds. The summed E-state index contributed by atoms with van der Waals surface area (Å²) in [7, 11) is 0. The fourth-order valence-corrected chi connectivity index (χ4v) is 4.25. The number of Topliss-reactive ketones (excluding diaryl/α,β-unsaturated/α-hetero) is 2. The highest BCUT2D eigenvalue weighted by Gasteiger charge is 2.32. The molecule has 1 aromatic carbocycles. The Labute approximate surface area is 126 Å². The van der Waals surface area contributed by atoms with E-state index in [4.69, 9.17) is 0 Å². The van der Waals surface area contributed by atoms with Crippen LogP contribution in [0, 0.1) is 0 Å². The predicted octanol–water partition coefficient (Wildman–Crippen LogP) is 3.44. The molecule has 3 nitrogen and oxygen atoms in total. The van der Waals surface area contributed by atoms with Crippen molar-refractivity contribution in [1.29, 1.82) is 0 Å². The second-order valence-corrected chi connectivity index (χ2v) is 6.54. The second kappa shape index (κ2) is 5.50. The summed E-state index contributed by atoms with van der Waals surface area (Å²) in [6, 6.07) is 7.45. The maximum atomic E-state index is 12.7. The summed E-state index contributed by atoms with van der Waals surface area (Å²) < 4.78 is 0.799. The van der Waals surface area contributed by atoms with Gasteiger partial charge in [0, 0.05) is 17.8 Å². The maximum absolute atomic E-state index is 12.7. The SMILES string of the molecule is CCN1CC(=O)C(=C2SC=CS2)C(=O)c2ccccc21. The Morgan fingerprint density at radius 1 is 1.15 bits per heavy atom. The molecule has 0 spiro atoms. The Balaban J connectivity index is 2.16. The molecule has 0 unspecified atom stereocenters. The van der Waals surface area contributed by atoms with Gasteiger partial charge in [-0.05, 0) is 29.9 Å². The number of likely N-dealkylation sites (N-methyl/N-ethyl adjacent to an activating group) is 1. The van der Waals surface area contributed by atoms with Gasteiger partial charge in [-0.1, -0.05) is 35.7 Å². The molecule has 0 aliphatic carbocycles. The summed E-state index contributed by atoms with van der Waals surface area (Å²) in [6.45, 7) is 2.96. The third-order valence-electron chi connectivity index (χ3n) is 3.32. The summed E-state index contributed by atoms with van der Waals surface area (Å²) in [5, 5.41) is 3.81. The molecule has 0 N–H and O–H groups in total. The molecule has 3 rings (SSSR count). The molecule has 2 heterocycles. The zero-order valence-corrected chi connectivity index (χ0v) is 12.6. The largest absolute Gasteiger partial charge is 0.363 e. The fourth-order valence-electron chi connectivity index (χ4n) is 2.35.